The van der Waals surface area contributed by atoms with Crippen LogP contribution < -0.4 is 0 Å². The molecule has 0 atom stereocenters. The first-order valence-corrected chi connectivity index (χ1v) is 12.5. The molecule has 1 aromatic carbocycles. The van der Waals surface area contributed by atoms with Gasteiger partial charge in [0, 0.05) is 25.2 Å². The van der Waals surface area contributed by atoms with Gasteiger partial charge in [0.25, 0.3) is 5.69 Å². The Kier molecular flexibility index (Phi) is 12.2. The third-order valence-electron chi connectivity index (χ3n) is 6.13. The number of hydrogen-bond acceptors (Lipinski definition) is 4. The summed E-state index contributed by atoms with van der Waals surface area (Å²) in [6, 6.07) is 4.92. The lowest BCUT2D eigenvalue weighted by Gasteiger charge is -2.23. The van der Waals surface area contributed by atoms with E-state index < -0.39 is 0 Å². The van der Waals surface area contributed by atoms with E-state index in [1.165, 1.54) is 83.1 Å². The van der Waals surface area contributed by atoms with E-state index in [2.05, 4.69) is 28.3 Å². The van der Waals surface area contributed by atoms with Crippen LogP contribution in [0.2, 0.25) is 0 Å². The molecule has 0 aliphatic rings. The van der Waals surface area contributed by atoms with Crippen LogP contribution in [0.15, 0.2) is 24.5 Å². The molecule has 0 saturated heterocycles. The smallest absolute Gasteiger partial charge is 0.271 e. The number of nitro groups is 1. The van der Waals surface area contributed by atoms with Gasteiger partial charge in [0.1, 0.15) is 0 Å². The number of nitrogens with zero attached hydrogens (tertiary/aromatic N) is 4. The Morgan fingerprint density at radius 2 is 1.45 bits per heavy atom. The zero-order valence-corrected chi connectivity index (χ0v) is 19.7. The summed E-state index contributed by atoms with van der Waals surface area (Å²) in [7, 11) is 0. The van der Waals surface area contributed by atoms with Gasteiger partial charge in [0.15, 0.2) is 0 Å². The third kappa shape index (κ3) is 9.38. The summed E-state index contributed by atoms with van der Waals surface area (Å²) in [6.07, 6.45) is 17.6. The van der Waals surface area contributed by atoms with Crippen LogP contribution in [0.1, 0.15) is 90.9 Å². The summed E-state index contributed by atoms with van der Waals surface area (Å²) in [5.74, 6) is 0. The number of rotatable bonds is 18. The Balaban J connectivity index is 1.87. The van der Waals surface area contributed by atoms with Gasteiger partial charge in [-0.25, -0.2) is 4.98 Å². The monoisotopic (exact) mass is 430 g/mol. The van der Waals surface area contributed by atoms with Gasteiger partial charge in [-0.3, -0.25) is 10.1 Å². The zero-order chi connectivity index (χ0) is 22.3. The molecule has 0 radical (unpaired) electrons. The summed E-state index contributed by atoms with van der Waals surface area (Å²) >= 11 is 0. The summed E-state index contributed by atoms with van der Waals surface area (Å²) < 4.78 is 2.07. The molecular weight excluding hydrogens is 388 g/mol. The molecular formula is C25H42N4O2. The van der Waals surface area contributed by atoms with Gasteiger partial charge in [0.05, 0.1) is 22.3 Å². The van der Waals surface area contributed by atoms with Crippen molar-refractivity contribution in [2.45, 2.75) is 97.4 Å². The molecule has 0 bridgehead atoms. The Labute approximate surface area is 188 Å². The van der Waals surface area contributed by atoms with Crippen LogP contribution in [-0.4, -0.2) is 39.0 Å². The molecule has 0 unspecified atom stereocenters. The molecule has 174 valence electrons. The predicted octanol–water partition coefficient (Wildman–Crippen LogP) is 6.97. The molecule has 2 aromatic rings. The maximum atomic E-state index is 11.1. The first kappa shape index (κ1) is 25.3. The fourth-order valence-electron chi connectivity index (χ4n) is 4.15. The third-order valence-corrected chi connectivity index (χ3v) is 6.13. The number of fused-ring (bicyclic) bond motifs is 1. The Morgan fingerprint density at radius 3 is 2.03 bits per heavy atom. The van der Waals surface area contributed by atoms with Crippen molar-refractivity contribution in [2.24, 2.45) is 0 Å². The second-order valence-corrected chi connectivity index (χ2v) is 8.75. The van der Waals surface area contributed by atoms with Crippen LogP contribution in [0, 0.1) is 10.1 Å². The van der Waals surface area contributed by atoms with Crippen molar-refractivity contribution < 1.29 is 4.92 Å². The van der Waals surface area contributed by atoms with Crippen LogP contribution in [0.3, 0.4) is 0 Å². The minimum Gasteiger partial charge on any atom is -0.329 e. The van der Waals surface area contributed by atoms with Crippen molar-refractivity contribution in [1.29, 1.82) is 0 Å². The fraction of sp³-hybridized carbons (Fsp3) is 0.720. The number of imidazole rings is 1. The van der Waals surface area contributed by atoms with Gasteiger partial charge in [-0.2, -0.15) is 0 Å². The second kappa shape index (κ2) is 15.0. The Morgan fingerprint density at radius 1 is 0.871 bits per heavy atom. The number of benzene rings is 1. The molecule has 0 fully saturated rings. The maximum absolute atomic E-state index is 11.1. The molecule has 6 heteroatoms. The number of aromatic nitrogens is 2. The molecule has 0 amide bonds. The minimum atomic E-state index is -0.333. The SMILES string of the molecule is CCCCCCCCN(CCCCCCCC)CCn1cnc2ccc([N+](=O)[O-])cc21. The number of unbranched alkanes of at least 4 members (excludes halogenated alkanes) is 10. The van der Waals surface area contributed by atoms with E-state index in [1.54, 1.807) is 12.1 Å². The summed E-state index contributed by atoms with van der Waals surface area (Å²) in [6.45, 7) is 8.61. The highest BCUT2D eigenvalue weighted by molar-refractivity contribution is 5.77. The van der Waals surface area contributed by atoms with E-state index in [9.17, 15) is 10.1 Å². The van der Waals surface area contributed by atoms with Crippen LogP contribution >= 0.6 is 0 Å². The van der Waals surface area contributed by atoms with Gasteiger partial charge in [0.2, 0.25) is 0 Å². The second-order valence-electron chi connectivity index (χ2n) is 8.75. The molecule has 0 aliphatic carbocycles. The van der Waals surface area contributed by atoms with E-state index in [0.29, 0.717) is 0 Å². The van der Waals surface area contributed by atoms with Gasteiger partial charge in [-0.15, -0.1) is 0 Å². The van der Waals surface area contributed by atoms with E-state index in [-0.39, 0.29) is 10.6 Å². The van der Waals surface area contributed by atoms with Crippen molar-refractivity contribution in [2.75, 3.05) is 19.6 Å². The van der Waals surface area contributed by atoms with Gasteiger partial charge in [-0.1, -0.05) is 78.1 Å². The topological polar surface area (TPSA) is 64.2 Å². The van der Waals surface area contributed by atoms with Crippen molar-refractivity contribution in [3.05, 3.63) is 34.6 Å². The lowest BCUT2D eigenvalue weighted by atomic mass is 10.1. The first-order chi connectivity index (χ1) is 15.2. The van der Waals surface area contributed by atoms with E-state index in [0.717, 1.165) is 37.2 Å². The maximum Gasteiger partial charge on any atom is 0.271 e. The standard InChI is InChI=1S/C25H42N4O2/c1-3-5-7-9-11-13-17-27(18-14-12-10-8-6-4-2)19-20-28-22-26-24-16-15-23(29(30)31)21-25(24)28/h15-16,21-22H,3-14,17-20H2,1-2H3. The van der Waals surface area contributed by atoms with Crippen LogP contribution in [-0.2, 0) is 6.54 Å². The highest BCUT2D eigenvalue weighted by Gasteiger charge is 2.11. The molecule has 1 heterocycles. The number of hydrogen-bond donors (Lipinski definition) is 0. The molecule has 1 aromatic heterocycles. The Hall–Kier alpha value is -1.95. The zero-order valence-electron chi connectivity index (χ0n) is 19.7. The van der Waals surface area contributed by atoms with Crippen molar-refractivity contribution in [3.8, 4) is 0 Å². The van der Waals surface area contributed by atoms with Crippen molar-refractivity contribution in [3.63, 3.8) is 0 Å². The van der Waals surface area contributed by atoms with Crippen LogP contribution in [0.5, 0.6) is 0 Å². The van der Waals surface area contributed by atoms with Gasteiger partial charge < -0.3 is 9.47 Å². The van der Waals surface area contributed by atoms with E-state index >= 15 is 0 Å². The van der Waals surface area contributed by atoms with Gasteiger partial charge >= 0.3 is 0 Å². The van der Waals surface area contributed by atoms with Crippen LogP contribution in [0.4, 0.5) is 5.69 Å². The molecule has 0 spiro atoms. The van der Waals surface area contributed by atoms with E-state index in [1.807, 2.05) is 6.33 Å². The summed E-state index contributed by atoms with van der Waals surface area (Å²) in [5.41, 5.74) is 1.81. The predicted molar refractivity (Wildman–Crippen MR) is 130 cm³/mol. The van der Waals surface area contributed by atoms with Gasteiger partial charge in [-0.05, 0) is 32.0 Å². The largest absolute Gasteiger partial charge is 0.329 e. The summed E-state index contributed by atoms with van der Waals surface area (Å²) in [5, 5.41) is 11.1. The molecule has 0 saturated carbocycles. The normalized spacial score (nSPS) is 11.6. The summed E-state index contributed by atoms with van der Waals surface area (Å²) in [4.78, 5) is 17.8. The van der Waals surface area contributed by atoms with Crippen LogP contribution in [0.25, 0.3) is 11.0 Å². The quantitative estimate of drug-likeness (QED) is 0.145. The molecule has 0 N–H and O–H groups in total. The first-order valence-electron chi connectivity index (χ1n) is 12.5. The van der Waals surface area contributed by atoms with Crippen molar-refractivity contribution >= 4 is 16.7 Å². The highest BCUT2D eigenvalue weighted by Crippen LogP contribution is 2.20. The highest BCUT2D eigenvalue weighted by atomic mass is 16.6. The fourth-order valence-corrected chi connectivity index (χ4v) is 4.15. The minimum absolute atomic E-state index is 0.130. The number of non-ortho nitro benzene ring substituents is 1. The average molecular weight is 431 g/mol. The average Bonchev–Trinajstić information content (AvgIpc) is 3.18. The van der Waals surface area contributed by atoms with E-state index in [4.69, 9.17) is 0 Å². The van der Waals surface area contributed by atoms with Crippen molar-refractivity contribution in [1.82, 2.24) is 14.5 Å². The molecule has 2 rings (SSSR count). The molecule has 31 heavy (non-hydrogen) atoms. The lowest BCUT2D eigenvalue weighted by Crippen LogP contribution is -2.29. The molecule has 0 aliphatic heterocycles. The lowest BCUT2D eigenvalue weighted by molar-refractivity contribution is -0.384. The number of nitro benzene ring substituents is 1. The molecule has 6 nitrogen and oxygen atoms in total. The Bertz CT molecular complexity index is 743.